The predicted octanol–water partition coefficient (Wildman–Crippen LogP) is 2.69. The lowest BCUT2D eigenvalue weighted by molar-refractivity contribution is 0.0552. The third kappa shape index (κ3) is 4.44. The number of benzene rings is 1. The van der Waals surface area contributed by atoms with E-state index < -0.39 is 0 Å². The van der Waals surface area contributed by atoms with Crippen LogP contribution in [0.15, 0.2) is 29.4 Å². The lowest BCUT2D eigenvalue weighted by Crippen LogP contribution is -2.12. The van der Waals surface area contributed by atoms with Crippen molar-refractivity contribution in [2.45, 2.75) is 26.9 Å². The van der Waals surface area contributed by atoms with Crippen molar-refractivity contribution in [2.75, 3.05) is 13.2 Å². The second kappa shape index (κ2) is 6.91. The van der Waals surface area contributed by atoms with Crippen molar-refractivity contribution in [1.29, 1.82) is 0 Å². The van der Waals surface area contributed by atoms with Crippen molar-refractivity contribution >= 4 is 5.71 Å². The van der Waals surface area contributed by atoms with Gasteiger partial charge in [-0.25, -0.2) is 0 Å². The van der Waals surface area contributed by atoms with Crippen LogP contribution in [-0.4, -0.2) is 30.2 Å². The van der Waals surface area contributed by atoms with Gasteiger partial charge >= 0.3 is 0 Å². The second-order valence-corrected chi connectivity index (χ2v) is 3.95. The van der Waals surface area contributed by atoms with Gasteiger partial charge in [0.2, 0.25) is 0 Å². The molecule has 0 saturated heterocycles. The first-order chi connectivity index (χ1) is 8.15. The van der Waals surface area contributed by atoms with E-state index in [4.69, 9.17) is 14.7 Å². The zero-order chi connectivity index (χ0) is 12.7. The molecule has 0 heterocycles. The molecule has 1 N–H and O–H groups in total. The Morgan fingerprint density at radius 3 is 2.65 bits per heavy atom. The molecule has 17 heavy (non-hydrogen) atoms. The van der Waals surface area contributed by atoms with E-state index in [0.29, 0.717) is 24.7 Å². The highest BCUT2D eigenvalue weighted by molar-refractivity contribution is 6.00. The standard InChI is InChI=1S/C13H19NO3/c1-10(2)16-8-9-17-13-7-5-4-6-12(13)11(3)14-15/h4-7,10,15H,8-9H2,1-3H3/b14-11+. The normalized spacial score (nSPS) is 11.9. The van der Waals surface area contributed by atoms with E-state index in [1.807, 2.05) is 38.1 Å². The van der Waals surface area contributed by atoms with Crippen LogP contribution in [0, 0.1) is 0 Å². The maximum atomic E-state index is 8.76. The molecule has 0 spiro atoms. The van der Waals surface area contributed by atoms with Gasteiger partial charge in [-0.05, 0) is 32.9 Å². The van der Waals surface area contributed by atoms with Crippen molar-refractivity contribution in [3.63, 3.8) is 0 Å². The van der Waals surface area contributed by atoms with E-state index in [9.17, 15) is 0 Å². The van der Waals surface area contributed by atoms with Crippen LogP contribution in [0.25, 0.3) is 0 Å². The highest BCUT2D eigenvalue weighted by Crippen LogP contribution is 2.18. The lowest BCUT2D eigenvalue weighted by Gasteiger charge is -2.12. The Labute approximate surface area is 102 Å². The number of ether oxygens (including phenoxy) is 2. The summed E-state index contributed by atoms with van der Waals surface area (Å²) in [6, 6.07) is 7.46. The number of nitrogens with zero attached hydrogens (tertiary/aromatic N) is 1. The number of para-hydroxylation sites is 1. The molecule has 1 rings (SSSR count). The van der Waals surface area contributed by atoms with Gasteiger partial charge in [0.05, 0.1) is 18.4 Å². The molecule has 0 aliphatic rings. The Kier molecular flexibility index (Phi) is 5.49. The van der Waals surface area contributed by atoms with Gasteiger partial charge in [-0.2, -0.15) is 0 Å². The summed E-state index contributed by atoms with van der Waals surface area (Å²) < 4.78 is 11.0. The van der Waals surface area contributed by atoms with Gasteiger partial charge < -0.3 is 14.7 Å². The summed E-state index contributed by atoms with van der Waals surface area (Å²) in [6.07, 6.45) is 0.203. The minimum Gasteiger partial charge on any atom is -0.490 e. The molecule has 0 radical (unpaired) electrons. The van der Waals surface area contributed by atoms with Crippen molar-refractivity contribution in [3.8, 4) is 5.75 Å². The summed E-state index contributed by atoms with van der Waals surface area (Å²) in [6.45, 7) is 6.72. The summed E-state index contributed by atoms with van der Waals surface area (Å²) in [5.74, 6) is 0.704. The Balaban J connectivity index is 2.58. The summed E-state index contributed by atoms with van der Waals surface area (Å²) in [5.41, 5.74) is 1.32. The van der Waals surface area contributed by atoms with Gasteiger partial charge in [-0.3, -0.25) is 0 Å². The van der Waals surface area contributed by atoms with Gasteiger partial charge in [0, 0.05) is 5.56 Å². The Morgan fingerprint density at radius 2 is 2.00 bits per heavy atom. The predicted molar refractivity (Wildman–Crippen MR) is 67.0 cm³/mol. The average molecular weight is 237 g/mol. The van der Waals surface area contributed by atoms with Gasteiger partial charge in [0.15, 0.2) is 0 Å². The fourth-order valence-corrected chi connectivity index (χ4v) is 1.38. The third-order valence-corrected chi connectivity index (χ3v) is 2.22. The highest BCUT2D eigenvalue weighted by atomic mass is 16.5. The zero-order valence-corrected chi connectivity index (χ0v) is 10.5. The minimum absolute atomic E-state index is 0.203. The molecule has 1 aromatic carbocycles. The molecule has 0 bridgehead atoms. The average Bonchev–Trinajstić information content (AvgIpc) is 2.34. The van der Waals surface area contributed by atoms with Gasteiger partial charge in [-0.15, -0.1) is 0 Å². The molecule has 0 atom stereocenters. The van der Waals surface area contributed by atoms with Crippen LogP contribution in [0.5, 0.6) is 5.75 Å². The van der Waals surface area contributed by atoms with E-state index >= 15 is 0 Å². The van der Waals surface area contributed by atoms with Crippen LogP contribution in [0.3, 0.4) is 0 Å². The number of hydrogen-bond acceptors (Lipinski definition) is 4. The van der Waals surface area contributed by atoms with Crippen molar-refractivity contribution in [1.82, 2.24) is 0 Å². The molecule has 0 fully saturated rings. The Morgan fingerprint density at radius 1 is 1.29 bits per heavy atom. The fraction of sp³-hybridized carbons (Fsp3) is 0.462. The number of hydrogen-bond donors (Lipinski definition) is 1. The molecule has 94 valence electrons. The fourth-order valence-electron chi connectivity index (χ4n) is 1.38. The quantitative estimate of drug-likeness (QED) is 0.358. The van der Waals surface area contributed by atoms with E-state index in [-0.39, 0.29) is 6.10 Å². The highest BCUT2D eigenvalue weighted by Gasteiger charge is 2.06. The molecule has 0 saturated carbocycles. The summed E-state index contributed by atoms with van der Waals surface area (Å²) >= 11 is 0. The summed E-state index contributed by atoms with van der Waals surface area (Å²) in [7, 11) is 0. The van der Waals surface area contributed by atoms with E-state index in [2.05, 4.69) is 5.16 Å². The summed E-state index contributed by atoms with van der Waals surface area (Å²) in [5, 5.41) is 11.9. The van der Waals surface area contributed by atoms with Crippen molar-refractivity contribution in [2.24, 2.45) is 5.16 Å². The first kappa shape index (κ1) is 13.5. The van der Waals surface area contributed by atoms with Crippen molar-refractivity contribution in [3.05, 3.63) is 29.8 Å². The monoisotopic (exact) mass is 237 g/mol. The molecule has 1 aromatic rings. The van der Waals surface area contributed by atoms with E-state index in [0.717, 1.165) is 5.56 Å². The maximum absolute atomic E-state index is 8.76. The number of rotatable bonds is 6. The van der Waals surface area contributed by atoms with Gasteiger partial charge in [-0.1, -0.05) is 17.3 Å². The van der Waals surface area contributed by atoms with Gasteiger partial charge in [0.1, 0.15) is 12.4 Å². The SMILES string of the molecule is C/C(=N\O)c1ccccc1OCCOC(C)C. The number of oxime groups is 1. The van der Waals surface area contributed by atoms with E-state index in [1.54, 1.807) is 6.92 Å². The van der Waals surface area contributed by atoms with Crippen LogP contribution in [-0.2, 0) is 4.74 Å². The van der Waals surface area contributed by atoms with Crippen LogP contribution in [0.1, 0.15) is 26.3 Å². The third-order valence-electron chi connectivity index (χ3n) is 2.22. The maximum Gasteiger partial charge on any atom is 0.128 e. The Hall–Kier alpha value is -1.55. The molecule has 4 nitrogen and oxygen atoms in total. The first-order valence-corrected chi connectivity index (χ1v) is 5.67. The second-order valence-electron chi connectivity index (χ2n) is 3.95. The van der Waals surface area contributed by atoms with Crippen LogP contribution >= 0.6 is 0 Å². The molecule has 0 aliphatic heterocycles. The molecule has 0 amide bonds. The Bertz CT molecular complexity index is 375. The topological polar surface area (TPSA) is 51.1 Å². The lowest BCUT2D eigenvalue weighted by atomic mass is 10.1. The zero-order valence-electron chi connectivity index (χ0n) is 10.5. The summed E-state index contributed by atoms with van der Waals surface area (Å²) in [4.78, 5) is 0. The molecule has 0 aliphatic carbocycles. The van der Waals surface area contributed by atoms with Crippen LogP contribution in [0.4, 0.5) is 0 Å². The molecule has 4 heteroatoms. The van der Waals surface area contributed by atoms with Crippen LogP contribution in [0.2, 0.25) is 0 Å². The minimum atomic E-state index is 0.203. The molecular weight excluding hydrogens is 218 g/mol. The largest absolute Gasteiger partial charge is 0.490 e. The van der Waals surface area contributed by atoms with Crippen molar-refractivity contribution < 1.29 is 14.7 Å². The first-order valence-electron chi connectivity index (χ1n) is 5.67. The molecule has 0 aromatic heterocycles. The smallest absolute Gasteiger partial charge is 0.128 e. The molecule has 0 unspecified atom stereocenters. The van der Waals surface area contributed by atoms with Crippen LogP contribution < -0.4 is 4.74 Å². The van der Waals surface area contributed by atoms with E-state index in [1.165, 1.54) is 0 Å². The van der Waals surface area contributed by atoms with Gasteiger partial charge in [0.25, 0.3) is 0 Å². The molecular formula is C13H19NO3.